The lowest BCUT2D eigenvalue weighted by atomic mass is 10.1. The minimum absolute atomic E-state index is 0.377. The lowest BCUT2D eigenvalue weighted by molar-refractivity contribution is -0.670. The van der Waals surface area contributed by atoms with Gasteiger partial charge in [-0.25, -0.2) is 4.57 Å². The lowest BCUT2D eigenvalue weighted by Crippen LogP contribution is -2.25. The zero-order valence-electron chi connectivity index (χ0n) is 14.4. The van der Waals surface area contributed by atoms with Gasteiger partial charge < -0.3 is 20.9 Å². The summed E-state index contributed by atoms with van der Waals surface area (Å²) < 4.78 is 4.29. The molecule has 0 radical (unpaired) electrons. The Kier molecular flexibility index (Phi) is 5.30. The largest absolute Gasteiger partial charge is 0.394 e. The number of nitrogens with zero attached hydrogens (tertiary/aromatic N) is 3. The van der Waals surface area contributed by atoms with Crippen LogP contribution in [0.15, 0.2) is 60.1 Å². The number of nitrogens with two attached hydrogens (primary N) is 2. The second-order valence-electron chi connectivity index (χ2n) is 6.04. The predicted octanol–water partition coefficient (Wildman–Crippen LogP) is 1.50. The van der Waals surface area contributed by atoms with Gasteiger partial charge in [-0.2, -0.15) is 0 Å². The first-order chi connectivity index (χ1) is 12.2. The van der Waals surface area contributed by atoms with Crippen molar-refractivity contribution in [1.29, 1.82) is 0 Å². The van der Waals surface area contributed by atoms with E-state index >= 15 is 0 Å². The summed E-state index contributed by atoms with van der Waals surface area (Å²) in [4.78, 5) is 5.14. The smallest absolute Gasteiger partial charge is 0.177 e. The number of fused-ring (bicyclic) bond motifs is 1. The van der Waals surface area contributed by atoms with Crippen molar-refractivity contribution >= 4 is 16.7 Å². The summed E-state index contributed by atoms with van der Waals surface area (Å²) in [6.45, 7) is 1.87. The average molecular weight is 338 g/mol. The Bertz CT molecular complexity index is 867. The van der Waals surface area contributed by atoms with Gasteiger partial charge >= 0.3 is 0 Å². The molecule has 0 amide bonds. The van der Waals surface area contributed by atoms with E-state index in [9.17, 15) is 0 Å². The van der Waals surface area contributed by atoms with Gasteiger partial charge in [0, 0.05) is 24.4 Å². The fourth-order valence-electron chi connectivity index (χ4n) is 2.68. The van der Waals surface area contributed by atoms with Gasteiger partial charge in [0.1, 0.15) is 13.7 Å². The van der Waals surface area contributed by atoms with Crippen LogP contribution in [0.2, 0.25) is 0 Å². The maximum atomic E-state index is 5.94. The summed E-state index contributed by atoms with van der Waals surface area (Å²) in [5, 5.41) is 5.15. The third kappa shape index (κ3) is 4.16. The van der Waals surface area contributed by atoms with Gasteiger partial charge in [0.05, 0.1) is 10.9 Å². The molecule has 3 rings (SSSR count). The number of hydrogen-bond acceptors (Lipinski definition) is 3. The summed E-state index contributed by atoms with van der Waals surface area (Å²) in [5.74, 6) is 0.377. The van der Waals surface area contributed by atoms with Crippen molar-refractivity contribution in [2.75, 3.05) is 13.2 Å². The SMILES string of the molecule is C[n+]1ccc2c(ccn2Cc2ccc(C(N)=NOCCCN)cc2)c1. The number of aryl methyl sites for hydroxylation is 1. The van der Waals surface area contributed by atoms with E-state index in [1.807, 2.05) is 19.2 Å². The van der Waals surface area contributed by atoms with E-state index < -0.39 is 0 Å². The monoisotopic (exact) mass is 338 g/mol. The van der Waals surface area contributed by atoms with Crippen LogP contribution >= 0.6 is 0 Å². The van der Waals surface area contributed by atoms with E-state index in [0.29, 0.717) is 19.0 Å². The minimum atomic E-state index is 0.377. The zero-order chi connectivity index (χ0) is 17.6. The Morgan fingerprint density at radius 2 is 2.00 bits per heavy atom. The Morgan fingerprint density at radius 3 is 2.76 bits per heavy atom. The van der Waals surface area contributed by atoms with Gasteiger partial charge in [0.2, 0.25) is 0 Å². The third-order valence-corrected chi connectivity index (χ3v) is 4.05. The molecular formula is C19H24N5O+. The van der Waals surface area contributed by atoms with Gasteiger partial charge in [-0.3, -0.25) is 0 Å². The predicted molar refractivity (Wildman–Crippen MR) is 99.0 cm³/mol. The zero-order valence-corrected chi connectivity index (χ0v) is 14.4. The summed E-state index contributed by atoms with van der Waals surface area (Å²) in [6.07, 6.45) is 7.05. The number of oxime groups is 1. The molecule has 130 valence electrons. The van der Waals surface area contributed by atoms with Crippen molar-refractivity contribution in [3.05, 3.63) is 66.1 Å². The van der Waals surface area contributed by atoms with E-state index in [1.165, 1.54) is 16.5 Å². The molecule has 0 aliphatic heterocycles. The van der Waals surface area contributed by atoms with Gasteiger partial charge in [-0.05, 0) is 24.6 Å². The van der Waals surface area contributed by atoms with Crippen molar-refractivity contribution in [2.24, 2.45) is 23.7 Å². The molecule has 25 heavy (non-hydrogen) atoms. The van der Waals surface area contributed by atoms with Crippen molar-refractivity contribution in [3.8, 4) is 0 Å². The molecule has 0 fully saturated rings. The number of pyridine rings is 1. The second-order valence-corrected chi connectivity index (χ2v) is 6.04. The topological polar surface area (TPSA) is 82.4 Å². The average Bonchev–Trinajstić information content (AvgIpc) is 3.01. The number of aromatic nitrogens is 2. The highest BCUT2D eigenvalue weighted by atomic mass is 16.6. The summed E-state index contributed by atoms with van der Waals surface area (Å²) in [5.41, 5.74) is 14.6. The Balaban J connectivity index is 1.69. The normalized spacial score (nSPS) is 11.8. The maximum Gasteiger partial charge on any atom is 0.177 e. The van der Waals surface area contributed by atoms with Crippen molar-refractivity contribution in [3.63, 3.8) is 0 Å². The van der Waals surface area contributed by atoms with Crippen LogP contribution in [0.3, 0.4) is 0 Å². The fraction of sp³-hybridized carbons (Fsp3) is 0.263. The summed E-state index contributed by atoms with van der Waals surface area (Å²) in [6, 6.07) is 12.3. The fourth-order valence-corrected chi connectivity index (χ4v) is 2.68. The van der Waals surface area contributed by atoms with Crippen LogP contribution in [0.5, 0.6) is 0 Å². The molecule has 0 aliphatic carbocycles. The molecule has 0 spiro atoms. The van der Waals surface area contributed by atoms with Crippen LogP contribution in [-0.4, -0.2) is 23.6 Å². The van der Waals surface area contributed by atoms with E-state index in [0.717, 1.165) is 18.5 Å². The maximum absolute atomic E-state index is 5.94. The van der Waals surface area contributed by atoms with E-state index in [1.54, 1.807) is 0 Å². The highest BCUT2D eigenvalue weighted by molar-refractivity contribution is 5.97. The molecule has 6 nitrogen and oxygen atoms in total. The summed E-state index contributed by atoms with van der Waals surface area (Å²) >= 11 is 0. The van der Waals surface area contributed by atoms with Crippen molar-refractivity contribution in [1.82, 2.24) is 4.57 Å². The highest BCUT2D eigenvalue weighted by Crippen LogP contribution is 2.15. The molecule has 6 heteroatoms. The molecule has 2 aromatic heterocycles. The van der Waals surface area contributed by atoms with Gasteiger partial charge in [-0.15, -0.1) is 0 Å². The van der Waals surface area contributed by atoms with Crippen molar-refractivity contribution in [2.45, 2.75) is 13.0 Å². The molecular weight excluding hydrogens is 314 g/mol. The minimum Gasteiger partial charge on any atom is -0.394 e. The van der Waals surface area contributed by atoms with E-state index in [-0.39, 0.29) is 0 Å². The molecule has 0 saturated carbocycles. The molecule has 4 N–H and O–H groups in total. The number of hydrogen-bond donors (Lipinski definition) is 2. The molecule has 0 aliphatic rings. The van der Waals surface area contributed by atoms with Crippen LogP contribution in [-0.2, 0) is 18.4 Å². The Morgan fingerprint density at radius 1 is 1.20 bits per heavy atom. The van der Waals surface area contributed by atoms with Crippen LogP contribution in [0.1, 0.15) is 17.5 Å². The second kappa shape index (κ2) is 7.81. The van der Waals surface area contributed by atoms with E-state index in [2.05, 4.69) is 57.1 Å². The summed E-state index contributed by atoms with van der Waals surface area (Å²) in [7, 11) is 2.03. The Labute approximate surface area is 147 Å². The van der Waals surface area contributed by atoms with Crippen LogP contribution < -0.4 is 16.0 Å². The standard InChI is InChI=1S/C19H24N5O/c1-23-10-8-18-17(14-23)7-11-24(18)13-15-3-5-16(6-4-15)19(21)22-25-12-2-9-20/h3-8,10-11,14H,2,9,12-13,20H2,1H3,(H2,21,22)/q+1. The Hall–Kier alpha value is -2.86. The van der Waals surface area contributed by atoms with Gasteiger partial charge in [0.25, 0.3) is 0 Å². The molecule has 1 aromatic carbocycles. The third-order valence-electron chi connectivity index (χ3n) is 4.05. The number of amidine groups is 1. The van der Waals surface area contributed by atoms with Gasteiger partial charge in [-0.1, -0.05) is 29.4 Å². The first-order valence-corrected chi connectivity index (χ1v) is 8.36. The first kappa shape index (κ1) is 17.0. The molecule has 0 bridgehead atoms. The molecule has 3 aromatic rings. The van der Waals surface area contributed by atoms with Gasteiger partial charge in [0.15, 0.2) is 18.2 Å². The molecule has 0 saturated heterocycles. The molecule has 0 atom stereocenters. The van der Waals surface area contributed by atoms with Crippen molar-refractivity contribution < 1.29 is 9.40 Å². The molecule has 0 unspecified atom stereocenters. The lowest BCUT2D eigenvalue weighted by Gasteiger charge is -2.07. The van der Waals surface area contributed by atoms with Crippen LogP contribution in [0.25, 0.3) is 10.9 Å². The number of rotatable bonds is 7. The van der Waals surface area contributed by atoms with Crippen LogP contribution in [0.4, 0.5) is 0 Å². The molecule has 2 heterocycles. The highest BCUT2D eigenvalue weighted by Gasteiger charge is 2.06. The number of benzene rings is 1. The van der Waals surface area contributed by atoms with E-state index in [4.69, 9.17) is 16.3 Å². The van der Waals surface area contributed by atoms with Crippen LogP contribution in [0, 0.1) is 0 Å². The quantitative estimate of drug-likeness (QED) is 0.225. The first-order valence-electron chi connectivity index (χ1n) is 8.36.